The lowest BCUT2D eigenvalue weighted by molar-refractivity contribution is -0.141. The quantitative estimate of drug-likeness (QED) is 0.601. The summed E-state index contributed by atoms with van der Waals surface area (Å²) in [6, 6.07) is 14.1. The lowest BCUT2D eigenvalue weighted by Crippen LogP contribution is -2.43. The highest BCUT2D eigenvalue weighted by Crippen LogP contribution is 2.29. The minimum atomic E-state index is -1.11. The number of hydrogen-bond donors (Lipinski definition) is 2. The Balaban J connectivity index is 1.68. The number of aliphatic carboxylic acids is 1. The van der Waals surface area contributed by atoms with Gasteiger partial charge in [-0.15, -0.1) is 5.10 Å². The number of carbonyl (C=O) groups is 2. The van der Waals surface area contributed by atoms with Gasteiger partial charge in [0, 0.05) is 12.0 Å². The molecule has 2 aromatic carbocycles. The highest BCUT2D eigenvalue weighted by molar-refractivity contribution is 5.83. The molecule has 0 saturated carbocycles. The topological polar surface area (TPSA) is 119 Å². The molecule has 9 heteroatoms. The summed E-state index contributed by atoms with van der Waals surface area (Å²) >= 11 is 0. The number of aromatic nitrogens is 4. The Morgan fingerprint density at radius 2 is 1.93 bits per heavy atom. The van der Waals surface area contributed by atoms with Crippen LogP contribution in [0.5, 0.6) is 5.75 Å². The van der Waals surface area contributed by atoms with Gasteiger partial charge in [0.25, 0.3) is 0 Å². The van der Waals surface area contributed by atoms with Gasteiger partial charge in [-0.3, -0.25) is 4.79 Å². The first-order chi connectivity index (χ1) is 13.6. The van der Waals surface area contributed by atoms with Crippen molar-refractivity contribution in [2.75, 3.05) is 7.11 Å². The zero-order valence-electron chi connectivity index (χ0n) is 15.1. The number of hydrogen-bond acceptors (Lipinski definition) is 6. The van der Waals surface area contributed by atoms with Crippen molar-refractivity contribution < 1.29 is 19.4 Å². The number of carboxylic acid groups (broad SMARTS) is 1. The minimum Gasteiger partial charge on any atom is -0.496 e. The van der Waals surface area contributed by atoms with Gasteiger partial charge in [-0.05, 0) is 27.6 Å². The van der Waals surface area contributed by atoms with Gasteiger partial charge >= 0.3 is 5.97 Å². The molecule has 2 N–H and O–H groups in total. The predicted octanol–water partition coefficient (Wildman–Crippen LogP) is 1.16. The summed E-state index contributed by atoms with van der Waals surface area (Å²) in [4.78, 5) is 23.6. The summed E-state index contributed by atoms with van der Waals surface area (Å²) in [7, 11) is 1.61. The first-order valence-electron chi connectivity index (χ1n) is 8.52. The number of nitrogens with zero attached hydrogens (tertiary/aromatic N) is 4. The second kappa shape index (κ2) is 8.76. The number of benzene rings is 2. The number of para-hydroxylation sites is 1. The molecule has 1 aromatic heterocycles. The fraction of sp³-hybridized carbons (Fsp3) is 0.211. The van der Waals surface area contributed by atoms with Gasteiger partial charge in [-0.2, -0.15) is 0 Å². The van der Waals surface area contributed by atoms with Crippen molar-refractivity contribution >= 4 is 11.9 Å². The number of methoxy groups -OCH3 is 1. The fourth-order valence-electron chi connectivity index (χ4n) is 2.78. The number of nitrogens with one attached hydrogen (secondary N) is 1. The van der Waals surface area contributed by atoms with Gasteiger partial charge in [0.1, 0.15) is 24.7 Å². The van der Waals surface area contributed by atoms with Crippen molar-refractivity contribution in [2.45, 2.75) is 19.0 Å². The lowest BCUT2D eigenvalue weighted by atomic mass is 10.00. The van der Waals surface area contributed by atoms with Gasteiger partial charge in [0.05, 0.1) is 7.11 Å². The first kappa shape index (κ1) is 19.0. The van der Waals surface area contributed by atoms with E-state index in [0.29, 0.717) is 0 Å². The molecule has 28 heavy (non-hydrogen) atoms. The third kappa shape index (κ3) is 4.70. The lowest BCUT2D eigenvalue weighted by Gasteiger charge is -2.15. The maximum Gasteiger partial charge on any atom is 0.326 e. The van der Waals surface area contributed by atoms with Crippen LogP contribution in [0.2, 0.25) is 0 Å². The normalized spacial score (nSPS) is 11.6. The zero-order valence-corrected chi connectivity index (χ0v) is 15.1. The summed E-state index contributed by atoms with van der Waals surface area (Å²) in [5, 5.41) is 22.4. The van der Waals surface area contributed by atoms with Gasteiger partial charge in [-0.1, -0.05) is 42.5 Å². The summed E-state index contributed by atoms with van der Waals surface area (Å²) in [5.41, 5.74) is 2.69. The first-order valence-corrected chi connectivity index (χ1v) is 8.52. The molecule has 0 radical (unpaired) electrons. The van der Waals surface area contributed by atoms with Gasteiger partial charge < -0.3 is 15.2 Å². The molecule has 0 aliphatic heterocycles. The Morgan fingerprint density at radius 3 is 2.57 bits per heavy atom. The van der Waals surface area contributed by atoms with Gasteiger partial charge in [-0.25, -0.2) is 9.48 Å². The molecule has 0 fully saturated rings. The van der Waals surface area contributed by atoms with E-state index in [1.165, 1.54) is 11.0 Å². The highest BCUT2D eigenvalue weighted by Gasteiger charge is 2.21. The van der Waals surface area contributed by atoms with Crippen LogP contribution >= 0.6 is 0 Å². The van der Waals surface area contributed by atoms with Crippen LogP contribution in [0.3, 0.4) is 0 Å². The Hall–Kier alpha value is -3.75. The molecular weight excluding hydrogens is 362 g/mol. The number of ether oxygens (including phenoxy) is 1. The molecule has 0 spiro atoms. The Bertz CT molecular complexity index is 941. The van der Waals surface area contributed by atoms with Crippen LogP contribution < -0.4 is 10.1 Å². The average Bonchev–Trinajstić information content (AvgIpc) is 3.21. The van der Waals surface area contributed by atoms with Crippen LogP contribution in [0.1, 0.15) is 5.56 Å². The molecule has 0 unspecified atom stereocenters. The van der Waals surface area contributed by atoms with E-state index in [1.54, 1.807) is 7.11 Å². The van der Waals surface area contributed by atoms with Crippen LogP contribution in [-0.2, 0) is 22.6 Å². The van der Waals surface area contributed by atoms with E-state index in [1.807, 2.05) is 48.5 Å². The molecule has 1 amide bonds. The maximum atomic E-state index is 12.0. The Morgan fingerprint density at radius 1 is 1.18 bits per heavy atom. The second-order valence-corrected chi connectivity index (χ2v) is 6.07. The van der Waals surface area contributed by atoms with Crippen LogP contribution in [0, 0.1) is 0 Å². The van der Waals surface area contributed by atoms with E-state index in [4.69, 9.17) is 4.74 Å². The molecule has 0 aliphatic rings. The maximum absolute atomic E-state index is 12.0. The SMILES string of the molecule is COc1ccccc1-c1ccc(C[C@H](NC(=O)Cn2cnnn2)C(=O)O)cc1. The Kier molecular flexibility index (Phi) is 5.95. The fourth-order valence-corrected chi connectivity index (χ4v) is 2.78. The van der Waals surface area contributed by atoms with E-state index in [-0.39, 0.29) is 13.0 Å². The average molecular weight is 381 g/mol. The van der Waals surface area contributed by atoms with Crippen molar-refractivity contribution in [2.24, 2.45) is 0 Å². The summed E-state index contributed by atoms with van der Waals surface area (Å²) in [5.74, 6) is -0.835. The van der Waals surface area contributed by atoms with Crippen molar-refractivity contribution in [1.82, 2.24) is 25.5 Å². The largest absolute Gasteiger partial charge is 0.496 e. The van der Waals surface area contributed by atoms with E-state index in [2.05, 4.69) is 20.8 Å². The van der Waals surface area contributed by atoms with Crippen molar-refractivity contribution in [3.8, 4) is 16.9 Å². The van der Waals surface area contributed by atoms with Crippen LogP contribution in [-0.4, -0.2) is 50.3 Å². The number of tetrazole rings is 1. The van der Waals surface area contributed by atoms with E-state index >= 15 is 0 Å². The van der Waals surface area contributed by atoms with Crippen LogP contribution in [0.25, 0.3) is 11.1 Å². The second-order valence-electron chi connectivity index (χ2n) is 6.07. The third-order valence-corrected chi connectivity index (χ3v) is 4.14. The summed E-state index contributed by atoms with van der Waals surface area (Å²) in [6.45, 7) is -0.149. The monoisotopic (exact) mass is 381 g/mol. The molecule has 1 atom stereocenters. The van der Waals surface area contributed by atoms with E-state index in [0.717, 1.165) is 22.4 Å². The van der Waals surface area contributed by atoms with Crippen molar-refractivity contribution in [3.05, 3.63) is 60.4 Å². The van der Waals surface area contributed by atoms with Gasteiger partial charge in [0.15, 0.2) is 0 Å². The summed E-state index contributed by atoms with van der Waals surface area (Å²) in [6.07, 6.45) is 1.44. The van der Waals surface area contributed by atoms with Crippen LogP contribution in [0.4, 0.5) is 0 Å². The number of amides is 1. The van der Waals surface area contributed by atoms with Crippen molar-refractivity contribution in [1.29, 1.82) is 0 Å². The summed E-state index contributed by atoms with van der Waals surface area (Å²) < 4.78 is 6.59. The van der Waals surface area contributed by atoms with Gasteiger partial charge in [0.2, 0.25) is 5.91 Å². The number of carbonyl (C=O) groups excluding carboxylic acids is 1. The third-order valence-electron chi connectivity index (χ3n) is 4.14. The molecule has 0 bridgehead atoms. The molecule has 3 rings (SSSR count). The van der Waals surface area contributed by atoms with E-state index < -0.39 is 17.9 Å². The molecule has 144 valence electrons. The Labute approximate surface area is 160 Å². The number of rotatable bonds is 8. The molecule has 1 heterocycles. The zero-order chi connectivity index (χ0) is 19.9. The van der Waals surface area contributed by atoms with Crippen LogP contribution in [0.15, 0.2) is 54.9 Å². The smallest absolute Gasteiger partial charge is 0.326 e. The predicted molar refractivity (Wildman–Crippen MR) is 99.5 cm³/mol. The molecular formula is C19H19N5O4. The molecule has 0 saturated heterocycles. The molecule has 9 nitrogen and oxygen atoms in total. The minimum absolute atomic E-state index is 0.149. The van der Waals surface area contributed by atoms with E-state index in [9.17, 15) is 14.7 Å². The standard InChI is InChI=1S/C19H19N5O4/c1-28-17-5-3-2-4-15(17)14-8-6-13(7-9-14)10-16(19(26)27)21-18(25)11-24-12-20-22-23-24/h2-9,12,16H,10-11H2,1H3,(H,21,25)(H,26,27)/t16-/m0/s1. The number of carboxylic acids is 1. The molecule has 3 aromatic rings. The highest BCUT2D eigenvalue weighted by atomic mass is 16.5. The molecule has 0 aliphatic carbocycles. The van der Waals surface area contributed by atoms with Crippen molar-refractivity contribution in [3.63, 3.8) is 0 Å².